The Balaban J connectivity index is 4.56. The Hall–Kier alpha value is -0.720. The van der Waals surface area contributed by atoms with Crippen LogP contribution in [0.4, 0.5) is 0 Å². The molecule has 0 saturated carbocycles. The Morgan fingerprint density at radius 3 is 1.47 bits per heavy atom. The Bertz CT molecular complexity index is 190. The third-order valence-electron chi connectivity index (χ3n) is 3.20. The van der Waals surface area contributed by atoms with Crippen molar-refractivity contribution in [3.8, 4) is 0 Å². The van der Waals surface area contributed by atoms with Crippen molar-refractivity contribution in [2.45, 2.75) is 38.5 Å². The highest BCUT2D eigenvalue weighted by Crippen LogP contribution is 2.34. The molecule has 6 heteroatoms. The van der Waals surface area contributed by atoms with Crippen molar-refractivity contribution in [1.29, 1.82) is 0 Å². The molecule has 0 aliphatic heterocycles. The average Bonchev–Trinajstić information content (AvgIpc) is 2.30. The van der Waals surface area contributed by atoms with Gasteiger partial charge in [-0.05, 0) is 58.2 Å². The van der Waals surface area contributed by atoms with E-state index in [0.29, 0.717) is 19.6 Å². The summed E-state index contributed by atoms with van der Waals surface area (Å²) in [5.41, 5.74) is 16.3. The van der Waals surface area contributed by atoms with Crippen molar-refractivity contribution in [3.63, 3.8) is 0 Å². The smallest absolute Gasteiger partial charge is 0.209 e. The van der Waals surface area contributed by atoms with Gasteiger partial charge in [-0.25, -0.2) is 0 Å². The van der Waals surface area contributed by atoms with Gasteiger partial charge in [0.05, 0.1) is 0 Å². The molecule has 0 aliphatic rings. The van der Waals surface area contributed by atoms with Crippen LogP contribution < -0.4 is 17.2 Å². The van der Waals surface area contributed by atoms with Crippen molar-refractivity contribution in [2.75, 3.05) is 26.2 Å². The molecule has 0 fully saturated rings. The molecule has 102 valence electrons. The van der Waals surface area contributed by atoms with Crippen LogP contribution >= 0.6 is 0 Å². The lowest BCUT2D eigenvalue weighted by Gasteiger charge is -2.30. The van der Waals surface area contributed by atoms with Crippen LogP contribution in [-0.4, -0.2) is 31.1 Å². The van der Waals surface area contributed by atoms with Gasteiger partial charge in [-0.2, -0.15) is 0 Å². The molecular weight excluding hydrogens is 220 g/mol. The monoisotopic (exact) mass is 246 g/mol. The van der Waals surface area contributed by atoms with Crippen LogP contribution in [0, 0.1) is 15.5 Å². The fourth-order valence-electron chi connectivity index (χ4n) is 2.32. The van der Waals surface area contributed by atoms with Gasteiger partial charge in [0.2, 0.25) is 6.54 Å². The van der Waals surface area contributed by atoms with Crippen molar-refractivity contribution in [3.05, 3.63) is 10.1 Å². The molecule has 0 aromatic heterocycles. The van der Waals surface area contributed by atoms with Crippen LogP contribution in [0.1, 0.15) is 38.5 Å². The van der Waals surface area contributed by atoms with Gasteiger partial charge in [0, 0.05) is 10.3 Å². The van der Waals surface area contributed by atoms with Crippen molar-refractivity contribution < 1.29 is 4.92 Å². The van der Waals surface area contributed by atoms with E-state index in [4.69, 9.17) is 17.2 Å². The van der Waals surface area contributed by atoms with Gasteiger partial charge >= 0.3 is 0 Å². The molecule has 6 nitrogen and oxygen atoms in total. The van der Waals surface area contributed by atoms with Gasteiger partial charge in [0.25, 0.3) is 0 Å². The molecule has 0 rings (SSSR count). The first-order chi connectivity index (χ1) is 8.10. The van der Waals surface area contributed by atoms with Crippen LogP contribution in [0.5, 0.6) is 0 Å². The van der Waals surface area contributed by atoms with E-state index in [2.05, 4.69) is 0 Å². The molecular formula is C11H26N4O2. The Kier molecular flexibility index (Phi) is 8.93. The largest absolute Gasteiger partial charge is 0.330 e. The SMILES string of the molecule is NCCCC(CCCN)(CCCN)C[N+](=O)[O-]. The van der Waals surface area contributed by atoms with E-state index in [-0.39, 0.29) is 16.9 Å². The summed E-state index contributed by atoms with van der Waals surface area (Å²) in [5.74, 6) is 0. The Morgan fingerprint density at radius 2 is 1.24 bits per heavy atom. The van der Waals surface area contributed by atoms with Crippen molar-refractivity contribution in [2.24, 2.45) is 22.6 Å². The molecule has 0 unspecified atom stereocenters. The number of nitrogens with zero attached hydrogens (tertiary/aromatic N) is 1. The molecule has 0 saturated heterocycles. The number of hydrogen-bond donors (Lipinski definition) is 3. The van der Waals surface area contributed by atoms with E-state index >= 15 is 0 Å². The summed E-state index contributed by atoms with van der Waals surface area (Å²) in [6.07, 6.45) is 4.86. The zero-order valence-electron chi connectivity index (χ0n) is 10.6. The highest BCUT2D eigenvalue weighted by molar-refractivity contribution is 4.79. The van der Waals surface area contributed by atoms with Gasteiger partial charge in [-0.3, -0.25) is 10.1 Å². The molecule has 0 amide bonds. The molecule has 0 atom stereocenters. The lowest BCUT2D eigenvalue weighted by Crippen LogP contribution is -2.32. The lowest BCUT2D eigenvalue weighted by atomic mass is 9.75. The fourth-order valence-corrected chi connectivity index (χ4v) is 2.32. The molecule has 6 N–H and O–H groups in total. The van der Waals surface area contributed by atoms with Crippen LogP contribution in [0.15, 0.2) is 0 Å². The van der Waals surface area contributed by atoms with E-state index in [0.717, 1.165) is 38.5 Å². The lowest BCUT2D eigenvalue weighted by molar-refractivity contribution is -0.498. The molecule has 0 aromatic rings. The highest BCUT2D eigenvalue weighted by Gasteiger charge is 2.33. The minimum Gasteiger partial charge on any atom is -0.330 e. The molecule has 0 aliphatic carbocycles. The number of nitro groups is 1. The zero-order chi connectivity index (χ0) is 13.1. The van der Waals surface area contributed by atoms with E-state index in [1.807, 2.05) is 0 Å². The maximum absolute atomic E-state index is 10.8. The number of rotatable bonds is 11. The minimum absolute atomic E-state index is 0.00694. The standard InChI is InChI=1S/C11H26N4O2/c12-7-1-4-11(5-2-8-13,6-3-9-14)10-15(16)17/h1-10,12-14H2. The maximum Gasteiger partial charge on any atom is 0.209 e. The molecule has 0 spiro atoms. The second-order valence-corrected chi connectivity index (χ2v) is 4.67. The van der Waals surface area contributed by atoms with Gasteiger partial charge in [0.1, 0.15) is 0 Å². The van der Waals surface area contributed by atoms with Gasteiger partial charge in [-0.15, -0.1) is 0 Å². The summed E-state index contributed by atoms with van der Waals surface area (Å²) >= 11 is 0. The quantitative estimate of drug-likeness (QED) is 0.361. The summed E-state index contributed by atoms with van der Waals surface area (Å²) in [6, 6.07) is 0. The van der Waals surface area contributed by atoms with Gasteiger partial charge < -0.3 is 17.2 Å². The fraction of sp³-hybridized carbons (Fsp3) is 1.00. The molecule has 0 aromatic carbocycles. The average molecular weight is 246 g/mol. The first-order valence-electron chi connectivity index (χ1n) is 6.32. The Labute approximate surface area is 103 Å². The highest BCUT2D eigenvalue weighted by atomic mass is 16.6. The summed E-state index contributed by atoms with van der Waals surface area (Å²) in [7, 11) is 0. The Morgan fingerprint density at radius 1 is 0.882 bits per heavy atom. The molecule has 0 heterocycles. The van der Waals surface area contributed by atoms with E-state index in [1.54, 1.807) is 0 Å². The third kappa shape index (κ3) is 7.25. The molecule has 0 bridgehead atoms. The topological polar surface area (TPSA) is 121 Å². The second kappa shape index (κ2) is 9.32. The summed E-state index contributed by atoms with van der Waals surface area (Å²) in [5, 5.41) is 10.8. The third-order valence-corrected chi connectivity index (χ3v) is 3.20. The predicted molar refractivity (Wildman–Crippen MR) is 69.2 cm³/mol. The number of hydrogen-bond acceptors (Lipinski definition) is 5. The summed E-state index contributed by atoms with van der Waals surface area (Å²) < 4.78 is 0. The van der Waals surface area contributed by atoms with Crippen LogP contribution in [0.2, 0.25) is 0 Å². The molecule has 17 heavy (non-hydrogen) atoms. The zero-order valence-corrected chi connectivity index (χ0v) is 10.6. The van der Waals surface area contributed by atoms with Gasteiger partial charge in [-0.1, -0.05) is 0 Å². The van der Waals surface area contributed by atoms with E-state index < -0.39 is 0 Å². The van der Waals surface area contributed by atoms with Crippen molar-refractivity contribution in [1.82, 2.24) is 0 Å². The van der Waals surface area contributed by atoms with Gasteiger partial charge in [0.15, 0.2) is 0 Å². The summed E-state index contributed by atoms with van der Waals surface area (Å²) in [6.45, 7) is 1.73. The summed E-state index contributed by atoms with van der Waals surface area (Å²) in [4.78, 5) is 10.6. The second-order valence-electron chi connectivity index (χ2n) is 4.67. The normalized spacial score (nSPS) is 11.7. The van der Waals surface area contributed by atoms with E-state index in [9.17, 15) is 10.1 Å². The van der Waals surface area contributed by atoms with Crippen LogP contribution in [0.3, 0.4) is 0 Å². The van der Waals surface area contributed by atoms with Crippen molar-refractivity contribution >= 4 is 0 Å². The van der Waals surface area contributed by atoms with E-state index in [1.165, 1.54) is 0 Å². The predicted octanol–water partition coefficient (Wildman–Crippen LogP) is 0.466. The number of nitrogens with two attached hydrogens (primary N) is 3. The first kappa shape index (κ1) is 16.3. The van der Waals surface area contributed by atoms with Crippen LogP contribution in [0.25, 0.3) is 0 Å². The van der Waals surface area contributed by atoms with Crippen LogP contribution in [-0.2, 0) is 0 Å². The first-order valence-corrected chi connectivity index (χ1v) is 6.32. The maximum atomic E-state index is 10.8. The minimum atomic E-state index is -0.262. The molecule has 0 radical (unpaired) electrons.